The van der Waals surface area contributed by atoms with Gasteiger partial charge in [0.15, 0.2) is 0 Å². The fraction of sp³-hybridized carbons (Fsp3) is 1.00. The van der Waals surface area contributed by atoms with E-state index in [1.807, 2.05) is 7.05 Å². The molecule has 7 heteroatoms. The smallest absolute Gasteiger partial charge is 0.0788 e. The summed E-state index contributed by atoms with van der Waals surface area (Å²) in [5, 5.41) is 32.5. The summed E-state index contributed by atoms with van der Waals surface area (Å²) in [7, 11) is 1.85. The van der Waals surface area contributed by atoms with E-state index in [0.29, 0.717) is 44.1 Å². The van der Waals surface area contributed by atoms with E-state index >= 15 is 0 Å². The molecule has 1 saturated heterocycles. The molecule has 0 aromatic rings. The van der Waals surface area contributed by atoms with Gasteiger partial charge in [-0.15, -0.1) is 0 Å². The van der Waals surface area contributed by atoms with Crippen LogP contribution in [0.25, 0.3) is 0 Å². The zero-order valence-electron chi connectivity index (χ0n) is 15.0. The Bertz CT molecular complexity index is 329. The lowest BCUT2D eigenvalue weighted by Gasteiger charge is -2.15. The van der Waals surface area contributed by atoms with Crippen LogP contribution in [0.1, 0.15) is 19.3 Å². The van der Waals surface area contributed by atoms with E-state index in [4.69, 9.17) is 4.74 Å². The van der Waals surface area contributed by atoms with Gasteiger partial charge in [0.25, 0.3) is 0 Å². The standard InChI is InChI=1S/C17H36N4O3/c1-18-8-15(22)9-19-6-13-5-14(13)7-20-10-16(23)11-21-12-17-3-2-4-24-17/h13-23H,2-12H2,1H3. The molecule has 0 radical (unpaired) electrons. The molecule has 0 amide bonds. The second-order valence-corrected chi connectivity index (χ2v) is 7.23. The lowest BCUT2D eigenvalue weighted by atomic mass is 10.2. The van der Waals surface area contributed by atoms with Crippen LogP contribution in [-0.2, 0) is 4.74 Å². The maximum absolute atomic E-state index is 9.96. The van der Waals surface area contributed by atoms with Gasteiger partial charge in [0.05, 0.1) is 18.3 Å². The second-order valence-electron chi connectivity index (χ2n) is 7.23. The van der Waals surface area contributed by atoms with Gasteiger partial charge in [0.2, 0.25) is 0 Å². The van der Waals surface area contributed by atoms with E-state index in [1.54, 1.807) is 0 Å². The van der Waals surface area contributed by atoms with Crippen molar-refractivity contribution in [2.24, 2.45) is 11.8 Å². The average Bonchev–Trinajstić information content (AvgIpc) is 3.07. The normalized spacial score (nSPS) is 28.9. The third kappa shape index (κ3) is 8.20. The van der Waals surface area contributed by atoms with Crippen molar-refractivity contribution in [3.8, 4) is 0 Å². The predicted molar refractivity (Wildman–Crippen MR) is 95.1 cm³/mol. The predicted octanol–water partition coefficient (Wildman–Crippen LogP) is -1.49. The van der Waals surface area contributed by atoms with Crippen LogP contribution in [0, 0.1) is 11.8 Å². The minimum atomic E-state index is -0.349. The number of hydrogen-bond acceptors (Lipinski definition) is 7. The average molecular weight is 345 g/mol. The fourth-order valence-corrected chi connectivity index (χ4v) is 3.28. The topological polar surface area (TPSA) is 97.8 Å². The van der Waals surface area contributed by atoms with Crippen LogP contribution in [0.4, 0.5) is 0 Å². The molecule has 7 nitrogen and oxygen atoms in total. The molecule has 1 saturated carbocycles. The number of aliphatic hydroxyl groups is 2. The second kappa shape index (κ2) is 11.4. The number of rotatable bonds is 14. The van der Waals surface area contributed by atoms with Gasteiger partial charge >= 0.3 is 0 Å². The van der Waals surface area contributed by atoms with E-state index in [-0.39, 0.29) is 12.2 Å². The fourth-order valence-electron chi connectivity index (χ4n) is 3.28. The van der Waals surface area contributed by atoms with Crippen molar-refractivity contribution in [2.45, 2.75) is 37.6 Å². The quantitative estimate of drug-likeness (QED) is 0.228. The Morgan fingerprint density at radius 1 is 0.917 bits per heavy atom. The Kier molecular flexibility index (Phi) is 9.48. The molecule has 1 aliphatic heterocycles. The minimum Gasteiger partial charge on any atom is -0.390 e. The molecule has 0 aromatic carbocycles. The summed E-state index contributed by atoms with van der Waals surface area (Å²) < 4.78 is 5.54. The molecule has 0 aromatic heterocycles. The van der Waals surface area contributed by atoms with Gasteiger partial charge in [-0.3, -0.25) is 0 Å². The highest BCUT2D eigenvalue weighted by atomic mass is 16.5. The molecule has 5 unspecified atom stereocenters. The third-order valence-corrected chi connectivity index (χ3v) is 4.86. The van der Waals surface area contributed by atoms with Crippen LogP contribution in [0.3, 0.4) is 0 Å². The SMILES string of the molecule is CNCC(O)CNCC1CC1CNCC(O)CNCC1CCCO1. The first-order valence-corrected chi connectivity index (χ1v) is 9.43. The number of aliphatic hydroxyl groups excluding tert-OH is 2. The van der Waals surface area contributed by atoms with Crippen molar-refractivity contribution in [3.63, 3.8) is 0 Å². The van der Waals surface area contributed by atoms with Gasteiger partial charge in [-0.25, -0.2) is 0 Å². The van der Waals surface area contributed by atoms with E-state index in [9.17, 15) is 10.2 Å². The summed E-state index contributed by atoms with van der Waals surface area (Å²) in [4.78, 5) is 0. The maximum atomic E-state index is 9.96. The molecule has 5 atom stereocenters. The van der Waals surface area contributed by atoms with Gasteiger partial charge in [0.1, 0.15) is 0 Å². The van der Waals surface area contributed by atoms with E-state index in [0.717, 1.165) is 39.1 Å². The molecule has 2 rings (SSSR count). The summed E-state index contributed by atoms with van der Waals surface area (Å²) in [6.45, 7) is 6.18. The zero-order valence-corrected chi connectivity index (χ0v) is 15.0. The lowest BCUT2D eigenvalue weighted by molar-refractivity contribution is 0.103. The van der Waals surface area contributed by atoms with Crippen LogP contribution >= 0.6 is 0 Å². The monoisotopic (exact) mass is 344 g/mol. The molecule has 142 valence electrons. The highest BCUT2D eigenvalue weighted by Gasteiger charge is 2.35. The van der Waals surface area contributed by atoms with Gasteiger partial charge in [-0.1, -0.05) is 0 Å². The Morgan fingerprint density at radius 3 is 2.04 bits per heavy atom. The van der Waals surface area contributed by atoms with E-state index < -0.39 is 0 Å². The molecule has 1 aliphatic carbocycles. The van der Waals surface area contributed by atoms with Crippen LogP contribution in [0.15, 0.2) is 0 Å². The van der Waals surface area contributed by atoms with Gasteiger partial charge in [-0.05, 0) is 51.2 Å². The van der Waals surface area contributed by atoms with Gasteiger partial charge < -0.3 is 36.2 Å². The largest absolute Gasteiger partial charge is 0.390 e. The first-order valence-electron chi connectivity index (χ1n) is 9.43. The molecular weight excluding hydrogens is 308 g/mol. The number of likely N-dealkylation sites (N-methyl/N-ethyl adjacent to an activating group) is 1. The van der Waals surface area contributed by atoms with Crippen molar-refractivity contribution in [1.29, 1.82) is 0 Å². The van der Waals surface area contributed by atoms with Gasteiger partial charge in [-0.2, -0.15) is 0 Å². The number of nitrogens with one attached hydrogen (secondary N) is 4. The summed E-state index contributed by atoms with van der Waals surface area (Å²) in [5.74, 6) is 1.40. The van der Waals surface area contributed by atoms with Crippen molar-refractivity contribution >= 4 is 0 Å². The van der Waals surface area contributed by atoms with Crippen molar-refractivity contribution in [3.05, 3.63) is 0 Å². The third-order valence-electron chi connectivity index (χ3n) is 4.86. The maximum Gasteiger partial charge on any atom is 0.0788 e. The molecule has 24 heavy (non-hydrogen) atoms. The van der Waals surface area contributed by atoms with E-state index in [2.05, 4.69) is 21.3 Å². The molecule has 0 spiro atoms. The Balaban J connectivity index is 1.38. The summed E-state index contributed by atoms with van der Waals surface area (Å²) in [6.07, 6.45) is 3.18. The summed E-state index contributed by atoms with van der Waals surface area (Å²) >= 11 is 0. The first kappa shape index (κ1) is 20.0. The molecule has 2 fully saturated rings. The highest BCUT2D eigenvalue weighted by molar-refractivity contribution is 4.89. The minimum absolute atomic E-state index is 0.317. The summed E-state index contributed by atoms with van der Waals surface area (Å²) in [5.41, 5.74) is 0. The molecule has 1 heterocycles. The van der Waals surface area contributed by atoms with Crippen LogP contribution in [0.5, 0.6) is 0 Å². The van der Waals surface area contributed by atoms with Crippen molar-refractivity contribution in [2.75, 3.05) is 59.5 Å². The van der Waals surface area contributed by atoms with Crippen molar-refractivity contribution < 1.29 is 14.9 Å². The first-order chi connectivity index (χ1) is 11.7. The van der Waals surface area contributed by atoms with Crippen LogP contribution in [0.2, 0.25) is 0 Å². The van der Waals surface area contributed by atoms with E-state index in [1.165, 1.54) is 6.42 Å². The summed E-state index contributed by atoms with van der Waals surface area (Å²) in [6, 6.07) is 0. The highest BCUT2D eigenvalue weighted by Crippen LogP contribution is 2.36. The number of hydrogen-bond donors (Lipinski definition) is 6. The molecule has 2 aliphatic rings. The molecule has 6 N–H and O–H groups in total. The molecule has 0 bridgehead atoms. The van der Waals surface area contributed by atoms with Crippen molar-refractivity contribution in [1.82, 2.24) is 21.3 Å². The van der Waals surface area contributed by atoms with Gasteiger partial charge in [0, 0.05) is 39.3 Å². The Morgan fingerprint density at radius 2 is 1.50 bits per heavy atom. The number of ether oxygens (including phenoxy) is 1. The Hall–Kier alpha value is -0.280. The van der Waals surface area contributed by atoms with Crippen LogP contribution in [-0.4, -0.2) is 88.0 Å². The molecular formula is C17H36N4O3. The zero-order chi connectivity index (χ0) is 17.2. The lowest BCUT2D eigenvalue weighted by Crippen LogP contribution is -2.39. The Labute approximate surface area is 145 Å². The van der Waals surface area contributed by atoms with Crippen LogP contribution < -0.4 is 21.3 Å².